The summed E-state index contributed by atoms with van der Waals surface area (Å²) in [5, 5.41) is 0.692. The molecule has 3 nitrogen and oxygen atoms in total. The van der Waals surface area contributed by atoms with Crippen LogP contribution in [0, 0.1) is 0 Å². The number of oxazole rings is 1. The van der Waals surface area contributed by atoms with Crippen molar-refractivity contribution in [2.24, 2.45) is 0 Å². The second-order valence-corrected chi connectivity index (χ2v) is 3.61. The van der Waals surface area contributed by atoms with Gasteiger partial charge in [-0.1, -0.05) is 22.9 Å². The van der Waals surface area contributed by atoms with Gasteiger partial charge in [0, 0.05) is 12.4 Å². The first-order valence-corrected chi connectivity index (χ1v) is 5.34. The van der Waals surface area contributed by atoms with E-state index >= 15 is 0 Å². The van der Waals surface area contributed by atoms with E-state index in [0.717, 1.165) is 17.9 Å². The SMILES string of the molecule is CCC(C)(OC)c1ocnc1CBr. The lowest BCUT2D eigenvalue weighted by atomic mass is 9.99. The minimum absolute atomic E-state index is 0.362. The van der Waals surface area contributed by atoms with Gasteiger partial charge in [-0.05, 0) is 13.3 Å². The lowest BCUT2D eigenvalue weighted by Gasteiger charge is -2.24. The van der Waals surface area contributed by atoms with E-state index in [4.69, 9.17) is 9.15 Å². The molecule has 0 spiro atoms. The minimum atomic E-state index is -0.362. The van der Waals surface area contributed by atoms with E-state index in [2.05, 4.69) is 27.8 Å². The average Bonchev–Trinajstić information content (AvgIpc) is 2.65. The molecule has 0 aliphatic carbocycles. The Morgan fingerprint density at radius 2 is 2.38 bits per heavy atom. The second-order valence-electron chi connectivity index (χ2n) is 3.05. The van der Waals surface area contributed by atoms with Crippen molar-refractivity contribution in [3.05, 3.63) is 17.8 Å². The molecular weight excluding hydrogens is 234 g/mol. The summed E-state index contributed by atoms with van der Waals surface area (Å²) in [6.07, 6.45) is 2.32. The van der Waals surface area contributed by atoms with Crippen molar-refractivity contribution in [1.29, 1.82) is 0 Å². The van der Waals surface area contributed by atoms with Crippen molar-refractivity contribution < 1.29 is 9.15 Å². The molecule has 0 aliphatic heterocycles. The highest BCUT2D eigenvalue weighted by Crippen LogP contribution is 2.31. The van der Waals surface area contributed by atoms with Gasteiger partial charge in [-0.2, -0.15) is 0 Å². The Morgan fingerprint density at radius 1 is 1.69 bits per heavy atom. The molecule has 1 heterocycles. The molecule has 0 N–H and O–H groups in total. The van der Waals surface area contributed by atoms with E-state index in [0.29, 0.717) is 5.33 Å². The summed E-state index contributed by atoms with van der Waals surface area (Å²) >= 11 is 3.36. The number of hydrogen-bond donors (Lipinski definition) is 0. The zero-order chi connectivity index (χ0) is 9.90. The van der Waals surface area contributed by atoms with Crippen molar-refractivity contribution >= 4 is 15.9 Å². The third kappa shape index (κ3) is 1.94. The fraction of sp³-hybridized carbons (Fsp3) is 0.667. The van der Waals surface area contributed by atoms with Crippen molar-refractivity contribution in [1.82, 2.24) is 4.98 Å². The number of hydrogen-bond acceptors (Lipinski definition) is 3. The molecule has 0 aromatic carbocycles. The number of nitrogens with zero attached hydrogens (tertiary/aromatic N) is 1. The number of aromatic nitrogens is 1. The predicted octanol–water partition coefficient (Wildman–Crippen LogP) is 2.84. The van der Waals surface area contributed by atoms with Crippen LogP contribution in [0.4, 0.5) is 0 Å². The van der Waals surface area contributed by atoms with Gasteiger partial charge in [-0.15, -0.1) is 0 Å². The Labute approximate surface area is 86.6 Å². The van der Waals surface area contributed by atoms with E-state index in [1.807, 2.05) is 6.92 Å². The summed E-state index contributed by atoms with van der Waals surface area (Å²) in [7, 11) is 1.68. The number of halogens is 1. The van der Waals surface area contributed by atoms with E-state index in [9.17, 15) is 0 Å². The molecule has 0 aliphatic rings. The standard InChI is InChI=1S/C9H14BrNO2/c1-4-9(2,12-3)8-7(5-10)11-6-13-8/h6H,4-5H2,1-3H3. The maximum Gasteiger partial charge on any atom is 0.181 e. The fourth-order valence-electron chi connectivity index (χ4n) is 1.19. The molecule has 13 heavy (non-hydrogen) atoms. The van der Waals surface area contributed by atoms with Gasteiger partial charge < -0.3 is 9.15 Å². The molecule has 0 saturated heterocycles. The summed E-state index contributed by atoms with van der Waals surface area (Å²) in [5.41, 5.74) is 0.547. The normalized spacial score (nSPS) is 15.7. The highest BCUT2D eigenvalue weighted by molar-refractivity contribution is 9.08. The molecule has 0 bridgehead atoms. The topological polar surface area (TPSA) is 35.3 Å². The number of ether oxygens (including phenoxy) is 1. The zero-order valence-corrected chi connectivity index (χ0v) is 9.72. The van der Waals surface area contributed by atoms with Gasteiger partial charge in [-0.3, -0.25) is 0 Å². The third-order valence-electron chi connectivity index (χ3n) is 2.37. The summed E-state index contributed by atoms with van der Waals surface area (Å²) in [6.45, 7) is 4.06. The van der Waals surface area contributed by atoms with Crippen LogP contribution in [-0.4, -0.2) is 12.1 Å². The molecule has 0 saturated carbocycles. The Bertz CT molecular complexity index is 268. The average molecular weight is 248 g/mol. The first-order valence-electron chi connectivity index (χ1n) is 4.22. The Morgan fingerprint density at radius 3 is 2.85 bits per heavy atom. The molecule has 1 atom stereocenters. The van der Waals surface area contributed by atoms with Crippen molar-refractivity contribution in [2.45, 2.75) is 31.2 Å². The molecule has 1 rings (SSSR count). The molecule has 1 unspecified atom stereocenters. The maximum atomic E-state index is 5.42. The van der Waals surface area contributed by atoms with E-state index in [1.54, 1.807) is 7.11 Å². The van der Waals surface area contributed by atoms with Crippen LogP contribution in [0.25, 0.3) is 0 Å². The molecule has 4 heteroatoms. The van der Waals surface area contributed by atoms with Gasteiger partial charge in [0.25, 0.3) is 0 Å². The first-order chi connectivity index (χ1) is 6.18. The number of methoxy groups -OCH3 is 1. The Balaban J connectivity index is 3.03. The zero-order valence-electron chi connectivity index (χ0n) is 8.13. The quantitative estimate of drug-likeness (QED) is 0.768. The summed E-state index contributed by atoms with van der Waals surface area (Å²) in [4.78, 5) is 4.10. The van der Waals surface area contributed by atoms with Gasteiger partial charge in [0.1, 0.15) is 5.60 Å². The molecule has 1 aromatic heterocycles. The predicted molar refractivity (Wildman–Crippen MR) is 53.8 cm³/mol. The van der Waals surface area contributed by atoms with Crippen molar-refractivity contribution in [2.75, 3.05) is 7.11 Å². The highest BCUT2D eigenvalue weighted by Gasteiger charge is 2.30. The van der Waals surface area contributed by atoms with Crippen LogP contribution in [0.2, 0.25) is 0 Å². The minimum Gasteiger partial charge on any atom is -0.445 e. The van der Waals surface area contributed by atoms with Crippen LogP contribution in [0.1, 0.15) is 31.7 Å². The highest BCUT2D eigenvalue weighted by atomic mass is 79.9. The summed E-state index contributed by atoms with van der Waals surface area (Å²) < 4.78 is 10.8. The van der Waals surface area contributed by atoms with Crippen LogP contribution >= 0.6 is 15.9 Å². The maximum absolute atomic E-state index is 5.42. The lowest BCUT2D eigenvalue weighted by Crippen LogP contribution is -2.23. The second kappa shape index (κ2) is 4.24. The van der Waals surface area contributed by atoms with Crippen LogP contribution < -0.4 is 0 Å². The molecule has 74 valence electrons. The molecule has 1 aromatic rings. The van der Waals surface area contributed by atoms with Gasteiger partial charge >= 0.3 is 0 Å². The van der Waals surface area contributed by atoms with Crippen molar-refractivity contribution in [3.63, 3.8) is 0 Å². The lowest BCUT2D eigenvalue weighted by molar-refractivity contribution is -0.0196. The van der Waals surface area contributed by atoms with E-state index in [-0.39, 0.29) is 5.60 Å². The first kappa shape index (κ1) is 10.7. The smallest absolute Gasteiger partial charge is 0.181 e. The third-order valence-corrected chi connectivity index (χ3v) is 2.90. The monoisotopic (exact) mass is 247 g/mol. The van der Waals surface area contributed by atoms with Crippen LogP contribution in [0.15, 0.2) is 10.8 Å². The van der Waals surface area contributed by atoms with Gasteiger partial charge in [0.2, 0.25) is 0 Å². The van der Waals surface area contributed by atoms with Crippen LogP contribution in [-0.2, 0) is 15.7 Å². The van der Waals surface area contributed by atoms with Gasteiger partial charge in [0.15, 0.2) is 12.2 Å². The number of alkyl halides is 1. The number of rotatable bonds is 4. The van der Waals surface area contributed by atoms with Crippen molar-refractivity contribution in [3.8, 4) is 0 Å². The Kier molecular flexibility index (Phi) is 3.50. The molecular formula is C9H14BrNO2. The molecule has 0 fully saturated rings. The van der Waals surface area contributed by atoms with E-state index in [1.165, 1.54) is 6.39 Å². The van der Waals surface area contributed by atoms with Crippen LogP contribution in [0.5, 0.6) is 0 Å². The fourth-order valence-corrected chi connectivity index (χ4v) is 1.59. The molecule has 0 amide bonds. The van der Waals surface area contributed by atoms with E-state index < -0.39 is 0 Å². The van der Waals surface area contributed by atoms with Gasteiger partial charge in [0.05, 0.1) is 5.69 Å². The van der Waals surface area contributed by atoms with Crippen LogP contribution in [0.3, 0.4) is 0 Å². The summed E-state index contributed by atoms with van der Waals surface area (Å²) in [5.74, 6) is 0.814. The molecule has 0 radical (unpaired) electrons. The summed E-state index contributed by atoms with van der Waals surface area (Å²) in [6, 6.07) is 0. The largest absolute Gasteiger partial charge is 0.445 e. The van der Waals surface area contributed by atoms with Gasteiger partial charge in [-0.25, -0.2) is 4.98 Å². The Hall–Kier alpha value is -0.350.